The SMILES string of the molecule is O=C(COc1cccc(NC(=O)c2ccco2)c1)NCCC1=CCCCC1. The lowest BCUT2D eigenvalue weighted by Crippen LogP contribution is -2.30. The number of furan rings is 1. The average molecular weight is 368 g/mol. The number of hydrogen-bond donors (Lipinski definition) is 2. The predicted molar refractivity (Wildman–Crippen MR) is 103 cm³/mol. The summed E-state index contributed by atoms with van der Waals surface area (Å²) in [6.45, 7) is 0.571. The average Bonchev–Trinajstić information content (AvgIpc) is 3.23. The van der Waals surface area contributed by atoms with E-state index in [1.807, 2.05) is 0 Å². The lowest BCUT2D eigenvalue weighted by Gasteiger charge is -2.13. The maximum absolute atomic E-state index is 12.0. The number of hydrogen-bond acceptors (Lipinski definition) is 4. The van der Waals surface area contributed by atoms with Gasteiger partial charge in [0.05, 0.1) is 6.26 Å². The zero-order valence-electron chi connectivity index (χ0n) is 15.2. The second kappa shape index (κ2) is 9.62. The van der Waals surface area contributed by atoms with Crippen molar-refractivity contribution in [1.82, 2.24) is 5.32 Å². The molecular formula is C21H24N2O4. The summed E-state index contributed by atoms with van der Waals surface area (Å²) in [6.07, 6.45) is 9.44. The number of rotatable bonds is 8. The summed E-state index contributed by atoms with van der Waals surface area (Å²) in [6, 6.07) is 10.1. The minimum absolute atomic E-state index is 0.0609. The van der Waals surface area contributed by atoms with Crippen molar-refractivity contribution in [2.45, 2.75) is 32.1 Å². The van der Waals surface area contributed by atoms with Gasteiger partial charge >= 0.3 is 0 Å². The van der Waals surface area contributed by atoms with Crippen LogP contribution in [0.1, 0.15) is 42.7 Å². The molecule has 2 N–H and O–H groups in total. The van der Waals surface area contributed by atoms with Gasteiger partial charge in [0.2, 0.25) is 0 Å². The Kier molecular flexibility index (Phi) is 6.68. The van der Waals surface area contributed by atoms with Gasteiger partial charge in [0.1, 0.15) is 5.75 Å². The van der Waals surface area contributed by atoms with Gasteiger partial charge in [0.15, 0.2) is 12.4 Å². The van der Waals surface area contributed by atoms with Crippen LogP contribution < -0.4 is 15.4 Å². The molecule has 0 atom stereocenters. The zero-order valence-corrected chi connectivity index (χ0v) is 15.2. The van der Waals surface area contributed by atoms with E-state index >= 15 is 0 Å². The number of nitrogens with one attached hydrogen (secondary N) is 2. The molecule has 3 rings (SSSR count). The van der Waals surface area contributed by atoms with Crippen LogP contribution in [0.4, 0.5) is 5.69 Å². The molecule has 1 aromatic carbocycles. The Morgan fingerprint density at radius 1 is 1.15 bits per heavy atom. The smallest absolute Gasteiger partial charge is 0.291 e. The van der Waals surface area contributed by atoms with E-state index in [1.165, 1.54) is 24.7 Å². The number of allylic oxidation sites excluding steroid dienone is 1. The quantitative estimate of drug-likeness (QED) is 0.692. The lowest BCUT2D eigenvalue weighted by atomic mass is 9.97. The third-order valence-corrected chi connectivity index (χ3v) is 4.36. The first-order valence-electron chi connectivity index (χ1n) is 9.23. The van der Waals surface area contributed by atoms with Gasteiger partial charge in [0.25, 0.3) is 11.8 Å². The topological polar surface area (TPSA) is 80.6 Å². The van der Waals surface area contributed by atoms with Gasteiger partial charge in [-0.15, -0.1) is 0 Å². The van der Waals surface area contributed by atoms with Gasteiger partial charge in [-0.25, -0.2) is 0 Å². The van der Waals surface area contributed by atoms with Crippen LogP contribution in [0.15, 0.2) is 58.7 Å². The summed E-state index contributed by atoms with van der Waals surface area (Å²) in [7, 11) is 0. The summed E-state index contributed by atoms with van der Waals surface area (Å²) in [5.41, 5.74) is 2.00. The molecule has 1 heterocycles. The monoisotopic (exact) mass is 368 g/mol. The maximum atomic E-state index is 12.0. The number of carbonyl (C=O) groups is 2. The van der Waals surface area contributed by atoms with E-state index in [9.17, 15) is 9.59 Å². The Bertz CT molecular complexity index is 796. The van der Waals surface area contributed by atoms with Crippen LogP contribution in [0.2, 0.25) is 0 Å². The molecule has 27 heavy (non-hydrogen) atoms. The van der Waals surface area contributed by atoms with Crippen LogP contribution in [0.3, 0.4) is 0 Å². The Labute approximate surface area is 158 Å². The van der Waals surface area contributed by atoms with E-state index in [4.69, 9.17) is 9.15 Å². The molecule has 6 heteroatoms. The maximum Gasteiger partial charge on any atom is 0.291 e. The summed E-state index contributed by atoms with van der Waals surface area (Å²) < 4.78 is 10.6. The first-order valence-corrected chi connectivity index (χ1v) is 9.23. The first-order chi connectivity index (χ1) is 13.2. The van der Waals surface area contributed by atoms with Crippen LogP contribution >= 0.6 is 0 Å². The molecule has 2 aromatic rings. The van der Waals surface area contributed by atoms with E-state index in [0.717, 1.165) is 19.3 Å². The highest BCUT2D eigenvalue weighted by atomic mass is 16.5. The largest absolute Gasteiger partial charge is 0.484 e. The van der Waals surface area contributed by atoms with Gasteiger partial charge in [-0.1, -0.05) is 17.7 Å². The summed E-state index contributed by atoms with van der Waals surface area (Å²) in [5.74, 6) is 0.245. The number of ether oxygens (including phenoxy) is 1. The first kappa shape index (κ1) is 18.8. The van der Waals surface area contributed by atoms with Crippen molar-refractivity contribution in [3.8, 4) is 5.75 Å². The summed E-state index contributed by atoms with van der Waals surface area (Å²) >= 11 is 0. The number of benzene rings is 1. The van der Waals surface area contributed by atoms with Gasteiger partial charge in [-0.3, -0.25) is 9.59 Å². The van der Waals surface area contributed by atoms with Gasteiger partial charge in [-0.2, -0.15) is 0 Å². The molecule has 0 aliphatic heterocycles. The highest BCUT2D eigenvalue weighted by Gasteiger charge is 2.10. The van der Waals surface area contributed by atoms with Crippen molar-refractivity contribution in [2.24, 2.45) is 0 Å². The predicted octanol–water partition coefficient (Wildman–Crippen LogP) is 3.92. The second-order valence-corrected chi connectivity index (χ2v) is 6.46. The third-order valence-electron chi connectivity index (χ3n) is 4.36. The molecule has 0 spiro atoms. The molecule has 0 unspecified atom stereocenters. The highest BCUT2D eigenvalue weighted by Crippen LogP contribution is 2.20. The van der Waals surface area contributed by atoms with Crippen LogP contribution in [-0.2, 0) is 4.79 Å². The van der Waals surface area contributed by atoms with E-state index in [2.05, 4.69) is 16.7 Å². The molecule has 0 fully saturated rings. The highest BCUT2D eigenvalue weighted by molar-refractivity contribution is 6.02. The van der Waals surface area contributed by atoms with Crippen molar-refractivity contribution in [2.75, 3.05) is 18.5 Å². The lowest BCUT2D eigenvalue weighted by molar-refractivity contribution is -0.123. The molecule has 0 saturated heterocycles. The van der Waals surface area contributed by atoms with Crippen LogP contribution in [0.25, 0.3) is 0 Å². The minimum Gasteiger partial charge on any atom is -0.484 e. The number of amides is 2. The number of carbonyl (C=O) groups excluding carboxylic acids is 2. The van der Waals surface area contributed by atoms with Gasteiger partial charge < -0.3 is 19.8 Å². The molecule has 1 aliphatic carbocycles. The van der Waals surface area contributed by atoms with Gasteiger partial charge in [0, 0.05) is 18.3 Å². The molecule has 0 radical (unpaired) electrons. The van der Waals surface area contributed by atoms with Crippen molar-refractivity contribution in [3.05, 3.63) is 60.1 Å². The van der Waals surface area contributed by atoms with Crippen LogP contribution in [-0.4, -0.2) is 25.0 Å². The molecule has 142 valence electrons. The van der Waals surface area contributed by atoms with E-state index in [1.54, 1.807) is 36.4 Å². The van der Waals surface area contributed by atoms with Crippen LogP contribution in [0.5, 0.6) is 5.75 Å². The van der Waals surface area contributed by atoms with Crippen molar-refractivity contribution in [1.29, 1.82) is 0 Å². The fourth-order valence-electron chi connectivity index (χ4n) is 2.96. The van der Waals surface area contributed by atoms with Crippen LogP contribution in [0, 0.1) is 0 Å². The molecular weight excluding hydrogens is 344 g/mol. The molecule has 1 aromatic heterocycles. The van der Waals surface area contributed by atoms with E-state index in [-0.39, 0.29) is 24.2 Å². The fourth-order valence-corrected chi connectivity index (χ4v) is 2.96. The molecule has 1 aliphatic rings. The Morgan fingerprint density at radius 2 is 2.07 bits per heavy atom. The van der Waals surface area contributed by atoms with Crippen molar-refractivity contribution in [3.63, 3.8) is 0 Å². The zero-order chi connectivity index (χ0) is 18.9. The summed E-state index contributed by atoms with van der Waals surface area (Å²) in [4.78, 5) is 23.9. The van der Waals surface area contributed by atoms with Crippen molar-refractivity contribution >= 4 is 17.5 Å². The third kappa shape index (κ3) is 6.02. The molecule has 0 saturated carbocycles. The number of anilines is 1. The molecule has 0 bridgehead atoms. The Morgan fingerprint density at radius 3 is 2.85 bits per heavy atom. The fraction of sp³-hybridized carbons (Fsp3) is 0.333. The van der Waals surface area contributed by atoms with E-state index < -0.39 is 0 Å². The molecule has 2 amide bonds. The van der Waals surface area contributed by atoms with Gasteiger partial charge in [-0.05, 0) is 56.4 Å². The summed E-state index contributed by atoms with van der Waals surface area (Å²) in [5, 5.41) is 5.60. The Hall–Kier alpha value is -3.02. The normalized spacial score (nSPS) is 13.6. The Balaban J connectivity index is 1.41. The standard InChI is InChI=1S/C21H24N2O4/c24-20(22-12-11-16-6-2-1-3-7-16)15-27-18-9-4-8-17(14-18)23-21(25)19-10-5-13-26-19/h4-6,8-10,13-14H,1-3,7,11-12,15H2,(H,22,24)(H,23,25). The molecule has 6 nitrogen and oxygen atoms in total. The van der Waals surface area contributed by atoms with Crippen molar-refractivity contribution < 1.29 is 18.7 Å². The van der Waals surface area contributed by atoms with E-state index in [0.29, 0.717) is 18.0 Å². The minimum atomic E-state index is -0.341. The second-order valence-electron chi connectivity index (χ2n) is 6.46.